The van der Waals surface area contributed by atoms with E-state index in [9.17, 15) is 0 Å². The van der Waals surface area contributed by atoms with Gasteiger partial charge in [-0.1, -0.05) is 0 Å². The van der Waals surface area contributed by atoms with Crippen molar-refractivity contribution in [1.82, 2.24) is 0 Å². The Morgan fingerprint density at radius 2 is 2.07 bits per heavy atom. The molecule has 14 heavy (non-hydrogen) atoms. The van der Waals surface area contributed by atoms with Crippen molar-refractivity contribution in [3.8, 4) is 0 Å². The fraction of sp³-hybridized carbons (Fsp3) is 0.700. The van der Waals surface area contributed by atoms with Gasteiger partial charge >= 0.3 is 0 Å². The molecule has 82 valence electrons. The zero-order chi connectivity index (χ0) is 11.1. The first kappa shape index (κ1) is 13.0. The summed E-state index contributed by atoms with van der Waals surface area (Å²) in [6, 6.07) is -0.0978. The Kier molecular flexibility index (Phi) is 5.95. The van der Waals surface area contributed by atoms with E-state index in [-0.39, 0.29) is 12.6 Å². The van der Waals surface area contributed by atoms with Gasteiger partial charge in [-0.15, -0.1) is 0 Å². The summed E-state index contributed by atoms with van der Waals surface area (Å²) in [5, 5.41) is 8.82. The first-order valence-electron chi connectivity index (χ1n) is 4.77. The Hall–Kier alpha value is -1.03. The predicted octanol–water partition coefficient (Wildman–Crippen LogP) is 1.05. The molecule has 0 saturated carbocycles. The summed E-state index contributed by atoms with van der Waals surface area (Å²) in [6.45, 7) is 8.02. The van der Waals surface area contributed by atoms with E-state index < -0.39 is 0 Å². The van der Waals surface area contributed by atoms with Crippen molar-refractivity contribution in [1.29, 1.82) is 0 Å². The van der Waals surface area contributed by atoms with E-state index in [0.29, 0.717) is 12.5 Å². The molecular weight excluding hydrogens is 180 g/mol. The first-order valence-corrected chi connectivity index (χ1v) is 4.77. The Bertz CT molecular complexity index is 234. The topological polar surface area (TPSA) is 67.8 Å². The highest BCUT2D eigenvalue weighted by molar-refractivity contribution is 5.98. The van der Waals surface area contributed by atoms with Crippen LogP contribution in [0.25, 0.3) is 0 Å². The molecule has 0 heterocycles. The number of rotatable bonds is 5. The maximum Gasteiger partial charge on any atom is 0.188 e. The summed E-state index contributed by atoms with van der Waals surface area (Å²) >= 11 is 0. The highest BCUT2D eigenvalue weighted by Crippen LogP contribution is 2.04. The van der Waals surface area contributed by atoms with E-state index in [2.05, 4.69) is 4.99 Å². The van der Waals surface area contributed by atoms with Crippen LogP contribution in [-0.2, 0) is 4.74 Å². The van der Waals surface area contributed by atoms with Gasteiger partial charge in [0.05, 0.1) is 19.3 Å². The van der Waals surface area contributed by atoms with Crippen molar-refractivity contribution in [2.24, 2.45) is 10.7 Å². The summed E-state index contributed by atoms with van der Waals surface area (Å²) in [7, 11) is 0. The maximum atomic E-state index is 8.82. The average molecular weight is 200 g/mol. The monoisotopic (exact) mass is 200 g/mol. The Morgan fingerprint density at radius 3 is 2.50 bits per heavy atom. The quantitative estimate of drug-likeness (QED) is 0.515. The molecule has 0 saturated heterocycles. The normalized spacial score (nSPS) is 16.2. The first-order chi connectivity index (χ1) is 6.52. The van der Waals surface area contributed by atoms with Crippen molar-refractivity contribution in [2.75, 3.05) is 13.2 Å². The van der Waals surface area contributed by atoms with Crippen LogP contribution in [0.2, 0.25) is 0 Å². The van der Waals surface area contributed by atoms with Gasteiger partial charge in [-0.25, -0.2) is 0 Å². The lowest BCUT2D eigenvalue weighted by Gasteiger charge is -2.09. The predicted molar refractivity (Wildman–Crippen MR) is 58.2 cm³/mol. The molecule has 0 aromatic rings. The summed E-state index contributed by atoms with van der Waals surface area (Å²) < 4.78 is 5.15. The minimum Gasteiger partial charge on any atom is -0.479 e. The van der Waals surface area contributed by atoms with Gasteiger partial charge in [0.15, 0.2) is 5.88 Å². The minimum absolute atomic E-state index is 0.0408. The fourth-order valence-electron chi connectivity index (χ4n) is 0.910. The van der Waals surface area contributed by atoms with Crippen molar-refractivity contribution >= 4 is 5.71 Å². The van der Waals surface area contributed by atoms with Gasteiger partial charge in [0.25, 0.3) is 0 Å². The molecule has 4 heteroatoms. The molecule has 0 amide bonds. The van der Waals surface area contributed by atoms with Gasteiger partial charge in [0, 0.05) is 11.3 Å². The minimum atomic E-state index is -0.0978. The molecule has 0 unspecified atom stereocenters. The second kappa shape index (κ2) is 6.43. The number of nitrogens with zero attached hydrogens (tertiary/aromatic N) is 1. The van der Waals surface area contributed by atoms with Crippen LogP contribution in [0.1, 0.15) is 27.7 Å². The van der Waals surface area contributed by atoms with Crippen LogP contribution in [-0.4, -0.2) is 30.1 Å². The molecule has 3 N–H and O–H groups in total. The number of hydrogen-bond acceptors (Lipinski definition) is 4. The summed E-state index contributed by atoms with van der Waals surface area (Å²) in [6.07, 6.45) is 0. The van der Waals surface area contributed by atoms with Crippen LogP contribution < -0.4 is 5.73 Å². The highest BCUT2D eigenvalue weighted by atomic mass is 16.5. The number of aliphatic hydroxyl groups is 1. The van der Waals surface area contributed by atoms with E-state index >= 15 is 0 Å². The standard InChI is InChI=1S/C10H20N2O2/c1-5-14-10(11)8(3)9(4)12-7(2)6-13/h7,13H,5-6,11H2,1-4H3/b10-8+,12-9?/t7-/m1/s1. The van der Waals surface area contributed by atoms with E-state index in [1.807, 2.05) is 27.7 Å². The van der Waals surface area contributed by atoms with E-state index in [1.54, 1.807) is 0 Å². The van der Waals surface area contributed by atoms with E-state index in [0.717, 1.165) is 11.3 Å². The van der Waals surface area contributed by atoms with Crippen LogP contribution in [0, 0.1) is 0 Å². The lowest BCUT2D eigenvalue weighted by atomic mass is 10.2. The zero-order valence-corrected chi connectivity index (χ0v) is 9.37. The number of allylic oxidation sites excluding steroid dienone is 1. The van der Waals surface area contributed by atoms with Crippen molar-refractivity contribution in [3.63, 3.8) is 0 Å². The molecule has 0 aromatic carbocycles. The molecule has 0 radical (unpaired) electrons. The summed E-state index contributed by atoms with van der Waals surface area (Å²) in [5.41, 5.74) is 7.29. The number of nitrogens with two attached hydrogens (primary N) is 1. The number of ether oxygens (including phenoxy) is 1. The third-order valence-electron chi connectivity index (χ3n) is 1.89. The zero-order valence-electron chi connectivity index (χ0n) is 9.37. The number of aliphatic hydroxyl groups excluding tert-OH is 1. The molecular formula is C10H20N2O2. The largest absolute Gasteiger partial charge is 0.479 e. The molecule has 0 bridgehead atoms. The summed E-state index contributed by atoms with van der Waals surface area (Å²) in [4.78, 5) is 4.25. The van der Waals surface area contributed by atoms with Crippen LogP contribution >= 0.6 is 0 Å². The molecule has 0 aliphatic rings. The van der Waals surface area contributed by atoms with Crippen LogP contribution in [0.3, 0.4) is 0 Å². The lowest BCUT2D eigenvalue weighted by Crippen LogP contribution is -2.13. The molecule has 0 fully saturated rings. The third kappa shape index (κ3) is 4.28. The second-order valence-corrected chi connectivity index (χ2v) is 3.17. The van der Waals surface area contributed by atoms with Gasteiger partial charge in [-0.2, -0.15) is 0 Å². The third-order valence-corrected chi connectivity index (χ3v) is 1.89. The molecule has 0 aliphatic heterocycles. The van der Waals surface area contributed by atoms with Crippen LogP contribution in [0.15, 0.2) is 16.4 Å². The van der Waals surface area contributed by atoms with E-state index in [4.69, 9.17) is 15.6 Å². The van der Waals surface area contributed by atoms with Crippen molar-refractivity contribution < 1.29 is 9.84 Å². The smallest absolute Gasteiger partial charge is 0.188 e. The number of hydrogen-bond donors (Lipinski definition) is 2. The highest BCUT2D eigenvalue weighted by Gasteiger charge is 2.04. The molecule has 0 spiro atoms. The Labute approximate surface area is 85.5 Å². The van der Waals surface area contributed by atoms with E-state index in [1.165, 1.54) is 0 Å². The molecule has 0 aliphatic carbocycles. The molecule has 1 atom stereocenters. The van der Waals surface area contributed by atoms with Crippen molar-refractivity contribution in [3.05, 3.63) is 11.5 Å². The van der Waals surface area contributed by atoms with Gasteiger partial charge in [0.2, 0.25) is 0 Å². The SMILES string of the molecule is CCO/C(N)=C(\C)C(C)=N[C@H](C)CO. The number of aliphatic imine (C=N–C) groups is 1. The molecule has 0 aromatic heterocycles. The average Bonchev–Trinajstić information content (AvgIpc) is 2.16. The van der Waals surface area contributed by atoms with Gasteiger partial charge in [-0.05, 0) is 27.7 Å². The summed E-state index contributed by atoms with van der Waals surface area (Å²) in [5.74, 6) is 0.402. The van der Waals surface area contributed by atoms with Crippen LogP contribution in [0.4, 0.5) is 0 Å². The van der Waals surface area contributed by atoms with Gasteiger partial charge in [-0.3, -0.25) is 4.99 Å². The fourth-order valence-corrected chi connectivity index (χ4v) is 0.910. The molecule has 0 rings (SSSR count). The van der Waals surface area contributed by atoms with Crippen molar-refractivity contribution in [2.45, 2.75) is 33.7 Å². The van der Waals surface area contributed by atoms with Gasteiger partial charge in [0.1, 0.15) is 0 Å². The molecule has 4 nitrogen and oxygen atoms in total. The lowest BCUT2D eigenvalue weighted by molar-refractivity contribution is 0.224. The Balaban J connectivity index is 4.58. The Morgan fingerprint density at radius 1 is 1.50 bits per heavy atom. The second-order valence-electron chi connectivity index (χ2n) is 3.17. The van der Waals surface area contributed by atoms with Gasteiger partial charge < -0.3 is 15.6 Å². The van der Waals surface area contributed by atoms with Crippen LogP contribution in [0.5, 0.6) is 0 Å². The maximum absolute atomic E-state index is 8.82.